The number of H-pyrrole nitrogens is 1. The van der Waals surface area contributed by atoms with E-state index in [1.54, 1.807) is 13.8 Å². The van der Waals surface area contributed by atoms with Crippen LogP contribution in [0.1, 0.15) is 55.1 Å². The summed E-state index contributed by atoms with van der Waals surface area (Å²) < 4.78 is 4.74. The Kier molecular flexibility index (Phi) is 6.41. The van der Waals surface area contributed by atoms with Crippen LogP contribution < -0.4 is 10.9 Å². The van der Waals surface area contributed by atoms with Crippen LogP contribution in [0.25, 0.3) is 11.0 Å². The lowest BCUT2D eigenvalue weighted by molar-refractivity contribution is -0.122. The number of nitrogens with zero attached hydrogens (tertiary/aromatic N) is 3. The summed E-state index contributed by atoms with van der Waals surface area (Å²) in [5.41, 5.74) is -0.665. The lowest BCUT2D eigenvalue weighted by Crippen LogP contribution is -2.51. The lowest BCUT2D eigenvalue weighted by Gasteiger charge is -2.32. The number of hydrogen-bond acceptors (Lipinski definition) is 8. The maximum Gasteiger partial charge on any atom is 0.338 e. The summed E-state index contributed by atoms with van der Waals surface area (Å²) in [7, 11) is 1.23. The van der Waals surface area contributed by atoms with E-state index in [2.05, 4.69) is 26.3 Å². The minimum absolute atomic E-state index is 0.0412. The summed E-state index contributed by atoms with van der Waals surface area (Å²) in [4.78, 5) is 48.5. The molecule has 1 atom stereocenters. The normalized spacial score (nSPS) is 16.5. The molecule has 0 saturated heterocycles. The molecule has 2 N–H and O–H groups in total. The van der Waals surface area contributed by atoms with Crippen molar-refractivity contribution in [1.29, 1.82) is 5.26 Å². The first-order valence-corrected chi connectivity index (χ1v) is 10.6. The van der Waals surface area contributed by atoms with Crippen molar-refractivity contribution in [3.8, 4) is 6.07 Å². The van der Waals surface area contributed by atoms with Gasteiger partial charge in [-0.05, 0) is 32.8 Å². The van der Waals surface area contributed by atoms with Crippen molar-refractivity contribution in [3.05, 3.63) is 27.7 Å². The van der Waals surface area contributed by atoms with Gasteiger partial charge in [-0.15, -0.1) is 0 Å². The Morgan fingerprint density at radius 2 is 2.03 bits per heavy atom. The first kappa shape index (κ1) is 21.8. The van der Waals surface area contributed by atoms with Crippen molar-refractivity contribution >= 4 is 34.7 Å². The number of methoxy groups -OCH3 is 1. The number of nitrogens with one attached hydrogen (secondary N) is 2. The fourth-order valence-electron chi connectivity index (χ4n) is 3.55. The van der Waals surface area contributed by atoms with Crippen LogP contribution in [-0.2, 0) is 9.53 Å². The number of nitriles is 1. The monoisotopic (exact) mass is 429 g/mol. The van der Waals surface area contributed by atoms with E-state index >= 15 is 0 Å². The highest BCUT2D eigenvalue weighted by Gasteiger charge is 2.35. The highest BCUT2D eigenvalue weighted by molar-refractivity contribution is 8.00. The molecule has 0 radical (unpaired) electrons. The average molecular weight is 430 g/mol. The molecule has 1 aliphatic carbocycles. The second kappa shape index (κ2) is 8.83. The number of thioether (sulfide) groups is 1. The van der Waals surface area contributed by atoms with Crippen LogP contribution in [0.3, 0.4) is 0 Å². The van der Waals surface area contributed by atoms with E-state index in [1.165, 1.54) is 13.2 Å². The fraction of sp³-hybridized carbons (Fsp3) is 0.500. The van der Waals surface area contributed by atoms with Gasteiger partial charge in [0.15, 0.2) is 10.8 Å². The summed E-state index contributed by atoms with van der Waals surface area (Å²) in [6.07, 6.45) is 4.14. The van der Waals surface area contributed by atoms with Crippen molar-refractivity contribution in [1.82, 2.24) is 20.3 Å². The number of aromatic nitrogens is 3. The molecule has 1 amide bonds. The van der Waals surface area contributed by atoms with Gasteiger partial charge in [0, 0.05) is 5.69 Å². The molecule has 10 heteroatoms. The first-order chi connectivity index (χ1) is 14.3. The molecule has 0 unspecified atom stereocenters. The van der Waals surface area contributed by atoms with E-state index in [0.29, 0.717) is 18.5 Å². The van der Waals surface area contributed by atoms with Crippen molar-refractivity contribution in [2.24, 2.45) is 0 Å². The minimum Gasteiger partial charge on any atom is -0.465 e. The average Bonchev–Trinajstić information content (AvgIpc) is 2.72. The molecule has 1 aliphatic rings. The molecule has 30 heavy (non-hydrogen) atoms. The van der Waals surface area contributed by atoms with E-state index in [0.717, 1.165) is 31.0 Å². The zero-order valence-electron chi connectivity index (χ0n) is 17.1. The Balaban J connectivity index is 1.85. The number of hydrogen-bond donors (Lipinski definition) is 2. The van der Waals surface area contributed by atoms with Gasteiger partial charge in [0.25, 0.3) is 5.56 Å². The van der Waals surface area contributed by atoms with E-state index in [1.807, 2.05) is 0 Å². The third-order valence-corrected chi connectivity index (χ3v) is 6.11. The first-order valence-electron chi connectivity index (χ1n) is 9.68. The van der Waals surface area contributed by atoms with E-state index < -0.39 is 22.3 Å². The number of esters is 1. The van der Waals surface area contributed by atoms with Gasteiger partial charge in [-0.2, -0.15) is 5.26 Å². The van der Waals surface area contributed by atoms with Gasteiger partial charge in [0.1, 0.15) is 5.54 Å². The number of pyridine rings is 1. The Hall–Kier alpha value is -2.93. The molecule has 1 fully saturated rings. The van der Waals surface area contributed by atoms with Gasteiger partial charge < -0.3 is 15.0 Å². The molecule has 0 aliphatic heterocycles. The van der Waals surface area contributed by atoms with E-state index in [4.69, 9.17) is 4.74 Å². The third-order valence-electron chi connectivity index (χ3n) is 5.13. The Morgan fingerprint density at radius 1 is 1.33 bits per heavy atom. The maximum absolute atomic E-state index is 12.7. The number of amides is 1. The highest BCUT2D eigenvalue weighted by atomic mass is 32.2. The van der Waals surface area contributed by atoms with E-state index in [9.17, 15) is 19.6 Å². The number of aryl methyl sites for hydroxylation is 1. The van der Waals surface area contributed by atoms with Gasteiger partial charge in [-0.3, -0.25) is 9.59 Å². The lowest BCUT2D eigenvalue weighted by atomic mass is 9.83. The highest BCUT2D eigenvalue weighted by Crippen LogP contribution is 2.29. The summed E-state index contributed by atoms with van der Waals surface area (Å²) >= 11 is 1.06. The van der Waals surface area contributed by atoms with Gasteiger partial charge in [-0.1, -0.05) is 31.0 Å². The number of aromatic amines is 1. The molecule has 0 bridgehead atoms. The number of fused-ring (bicyclic) bond motifs is 1. The summed E-state index contributed by atoms with van der Waals surface area (Å²) in [5, 5.41) is 12.1. The van der Waals surface area contributed by atoms with Gasteiger partial charge in [0.05, 0.1) is 29.4 Å². The Labute approximate surface area is 177 Å². The predicted molar refractivity (Wildman–Crippen MR) is 111 cm³/mol. The van der Waals surface area contributed by atoms with Gasteiger partial charge in [-0.25, -0.2) is 14.8 Å². The van der Waals surface area contributed by atoms with Crippen molar-refractivity contribution < 1.29 is 14.3 Å². The third kappa shape index (κ3) is 4.46. The van der Waals surface area contributed by atoms with Crippen molar-refractivity contribution in [3.63, 3.8) is 0 Å². The summed E-state index contributed by atoms with van der Waals surface area (Å²) in [5.74, 6) is -0.945. The zero-order chi connectivity index (χ0) is 21.9. The zero-order valence-corrected chi connectivity index (χ0v) is 17.9. The number of ether oxygens (including phenoxy) is 1. The van der Waals surface area contributed by atoms with Crippen LogP contribution >= 0.6 is 11.8 Å². The standard InChI is InChI=1S/C20H23N5O4S/c1-11-9-13(18(28)29-3)14-15(22-11)23-19(24-17(14)27)30-12(2)16(26)25-20(10-21)7-5-4-6-8-20/h9,12H,4-8H2,1-3H3,(H,25,26)(H,22,23,24,27)/t12-/m1/s1. The molecule has 0 aromatic carbocycles. The van der Waals surface area contributed by atoms with Crippen molar-refractivity contribution in [2.75, 3.05) is 7.11 Å². The van der Waals surface area contributed by atoms with Crippen molar-refractivity contribution in [2.45, 2.75) is 61.9 Å². The van der Waals surface area contributed by atoms with Crippen LogP contribution in [0, 0.1) is 18.3 Å². The quantitative estimate of drug-likeness (QED) is 0.419. The number of carbonyl (C=O) groups is 2. The van der Waals surface area contributed by atoms with Crippen LogP contribution in [-0.4, -0.2) is 44.7 Å². The fourth-order valence-corrected chi connectivity index (χ4v) is 4.34. The summed E-state index contributed by atoms with van der Waals surface area (Å²) in [6, 6.07) is 3.73. The van der Waals surface area contributed by atoms with Crippen LogP contribution in [0.4, 0.5) is 0 Å². The molecule has 0 spiro atoms. The molecule has 9 nitrogen and oxygen atoms in total. The van der Waals surface area contributed by atoms with Crippen LogP contribution in [0.5, 0.6) is 0 Å². The van der Waals surface area contributed by atoms with Gasteiger partial charge in [0.2, 0.25) is 5.91 Å². The molecule has 158 valence electrons. The van der Waals surface area contributed by atoms with Gasteiger partial charge >= 0.3 is 5.97 Å². The molecule has 2 aromatic rings. The van der Waals surface area contributed by atoms with E-state index in [-0.39, 0.29) is 27.7 Å². The molecule has 2 heterocycles. The smallest absolute Gasteiger partial charge is 0.338 e. The molecule has 2 aromatic heterocycles. The Morgan fingerprint density at radius 3 is 2.67 bits per heavy atom. The minimum atomic E-state index is -0.831. The molecule has 3 rings (SSSR count). The largest absolute Gasteiger partial charge is 0.465 e. The molecular weight excluding hydrogens is 406 g/mol. The Bertz CT molecular complexity index is 1090. The molecule has 1 saturated carbocycles. The second-order valence-electron chi connectivity index (χ2n) is 7.38. The SMILES string of the molecule is COC(=O)c1cc(C)nc2nc(S[C@H](C)C(=O)NC3(C#N)CCCCC3)[nH]c(=O)c12. The predicted octanol–water partition coefficient (Wildman–Crippen LogP) is 2.24. The van der Waals surface area contributed by atoms with Crippen LogP contribution in [0.2, 0.25) is 0 Å². The van der Waals surface area contributed by atoms with Crippen LogP contribution in [0.15, 0.2) is 16.0 Å². The summed E-state index contributed by atoms with van der Waals surface area (Å²) in [6.45, 7) is 3.37. The number of rotatable bonds is 5. The maximum atomic E-state index is 12.7. The molecular formula is C20H23N5O4S. The second-order valence-corrected chi connectivity index (χ2v) is 8.71. The number of carbonyl (C=O) groups excluding carboxylic acids is 2. The topological polar surface area (TPSA) is 138 Å².